The van der Waals surface area contributed by atoms with Gasteiger partial charge >= 0.3 is 29.8 Å². The number of ether oxygens (including phenoxy) is 2. The Kier molecular flexibility index (Phi) is 11.4. The highest BCUT2D eigenvalue weighted by Crippen LogP contribution is 1.95. The van der Waals surface area contributed by atoms with Crippen LogP contribution in [0.4, 0.5) is 0 Å². The topological polar surface area (TPSA) is 185 Å². The molecule has 0 aliphatic rings. The van der Waals surface area contributed by atoms with Crippen molar-refractivity contribution in [2.75, 3.05) is 26.3 Å². The first-order chi connectivity index (χ1) is 13.1. The van der Waals surface area contributed by atoms with E-state index in [1.54, 1.807) is 0 Å². The number of carboxylic acids is 3. The molecule has 0 unspecified atom stereocenters. The number of hydrogen-bond donors (Lipinski definition) is 3. The molecule has 0 aliphatic heterocycles. The minimum atomic E-state index is -1.37. The molecule has 0 aromatic carbocycles. The second-order valence-electron chi connectivity index (χ2n) is 4.67. The van der Waals surface area contributed by atoms with Gasteiger partial charge in [0.15, 0.2) is 0 Å². The predicted molar refractivity (Wildman–Crippen MR) is 88.8 cm³/mol. The second-order valence-corrected chi connectivity index (χ2v) is 4.67. The molecule has 0 rings (SSSR count). The lowest BCUT2D eigenvalue weighted by atomic mass is 10.4. The molecule has 0 aromatic heterocycles. The van der Waals surface area contributed by atoms with Crippen LogP contribution in [0.3, 0.4) is 0 Å². The van der Waals surface area contributed by atoms with Crippen LogP contribution in [0.25, 0.3) is 0 Å². The summed E-state index contributed by atoms with van der Waals surface area (Å²) in [6.45, 7) is -1.11. The van der Waals surface area contributed by atoms with E-state index in [9.17, 15) is 28.8 Å². The molecule has 0 aromatic rings. The van der Waals surface area contributed by atoms with Crippen LogP contribution >= 0.6 is 0 Å². The fraction of sp³-hybridized carbons (Fsp3) is 0.250. The number of aliphatic carboxylic acids is 3. The molecular formula is C16H17NO11. The molecule has 12 nitrogen and oxygen atoms in total. The van der Waals surface area contributed by atoms with Gasteiger partial charge in [0.2, 0.25) is 5.91 Å². The van der Waals surface area contributed by atoms with E-state index >= 15 is 0 Å². The highest BCUT2D eigenvalue weighted by molar-refractivity contribution is 5.94. The first kappa shape index (κ1) is 24.0. The Balaban J connectivity index is 4.70. The van der Waals surface area contributed by atoms with Gasteiger partial charge in [-0.25, -0.2) is 24.0 Å². The van der Waals surface area contributed by atoms with Crippen LogP contribution in [0.5, 0.6) is 0 Å². The molecule has 0 bridgehead atoms. The monoisotopic (exact) mass is 399 g/mol. The maximum atomic E-state index is 11.9. The van der Waals surface area contributed by atoms with Crippen molar-refractivity contribution >= 4 is 35.8 Å². The summed E-state index contributed by atoms with van der Waals surface area (Å²) in [5, 5.41) is 25.3. The lowest BCUT2D eigenvalue weighted by molar-refractivity contribution is -0.142. The Morgan fingerprint density at radius 2 is 0.964 bits per heavy atom. The molecule has 0 atom stereocenters. The quantitative estimate of drug-likeness (QED) is 0.265. The zero-order chi connectivity index (χ0) is 21.5. The van der Waals surface area contributed by atoms with Gasteiger partial charge in [0.05, 0.1) is 13.1 Å². The highest BCUT2D eigenvalue weighted by Gasteiger charge is 2.13. The number of nitrogens with zero attached hydrogens (tertiary/aromatic N) is 1. The molecule has 0 radical (unpaired) electrons. The van der Waals surface area contributed by atoms with Crippen molar-refractivity contribution in [3.05, 3.63) is 36.5 Å². The number of amides is 1. The van der Waals surface area contributed by atoms with Gasteiger partial charge in [-0.3, -0.25) is 4.79 Å². The summed E-state index contributed by atoms with van der Waals surface area (Å²) in [6, 6.07) is 0. The van der Waals surface area contributed by atoms with Gasteiger partial charge in [0.1, 0.15) is 13.2 Å². The van der Waals surface area contributed by atoms with Gasteiger partial charge in [0.25, 0.3) is 0 Å². The third kappa shape index (κ3) is 13.3. The molecule has 0 spiro atoms. The van der Waals surface area contributed by atoms with Gasteiger partial charge in [0, 0.05) is 36.5 Å². The maximum Gasteiger partial charge on any atom is 0.331 e. The Morgan fingerprint density at radius 1 is 0.607 bits per heavy atom. The van der Waals surface area contributed by atoms with E-state index in [0.29, 0.717) is 30.4 Å². The molecule has 0 heterocycles. The molecule has 0 saturated carbocycles. The van der Waals surface area contributed by atoms with E-state index in [4.69, 9.17) is 15.3 Å². The average Bonchev–Trinajstić information content (AvgIpc) is 2.61. The van der Waals surface area contributed by atoms with E-state index in [1.165, 1.54) is 0 Å². The largest absolute Gasteiger partial charge is 0.478 e. The summed E-state index contributed by atoms with van der Waals surface area (Å²) in [7, 11) is 0. The molecule has 152 valence electrons. The number of rotatable bonds is 12. The van der Waals surface area contributed by atoms with Crippen molar-refractivity contribution in [2.24, 2.45) is 0 Å². The molecule has 0 fully saturated rings. The Labute approximate surface area is 157 Å². The van der Waals surface area contributed by atoms with Gasteiger partial charge < -0.3 is 29.7 Å². The number of hydrogen-bond acceptors (Lipinski definition) is 8. The van der Waals surface area contributed by atoms with Crippen LogP contribution in [0, 0.1) is 0 Å². The summed E-state index contributed by atoms with van der Waals surface area (Å²) in [6.07, 6.45) is 3.76. The van der Waals surface area contributed by atoms with Crippen LogP contribution in [0.2, 0.25) is 0 Å². The van der Waals surface area contributed by atoms with Crippen LogP contribution < -0.4 is 0 Å². The third-order valence-corrected chi connectivity index (χ3v) is 2.62. The van der Waals surface area contributed by atoms with Gasteiger partial charge in [-0.05, 0) is 0 Å². The SMILES string of the molecule is O=C(O)/C=C/C(=O)OCCN(CCOC(=O)/C=C/C(=O)O)C(=O)/C=C/C(=O)O. The van der Waals surface area contributed by atoms with Crippen molar-refractivity contribution in [1.29, 1.82) is 0 Å². The molecule has 28 heavy (non-hydrogen) atoms. The zero-order valence-corrected chi connectivity index (χ0v) is 14.3. The molecule has 1 amide bonds. The lowest BCUT2D eigenvalue weighted by Gasteiger charge is -2.20. The number of carboxylic acid groups (broad SMARTS) is 3. The van der Waals surface area contributed by atoms with E-state index in [2.05, 4.69) is 9.47 Å². The lowest BCUT2D eigenvalue weighted by Crippen LogP contribution is -2.36. The molecule has 0 aliphatic carbocycles. The van der Waals surface area contributed by atoms with Crippen molar-refractivity contribution in [3.8, 4) is 0 Å². The first-order valence-corrected chi connectivity index (χ1v) is 7.47. The second kappa shape index (κ2) is 13.3. The van der Waals surface area contributed by atoms with Crippen LogP contribution in [-0.2, 0) is 38.2 Å². The summed E-state index contributed by atoms with van der Waals surface area (Å²) in [4.78, 5) is 66.5. The van der Waals surface area contributed by atoms with E-state index in [-0.39, 0.29) is 26.3 Å². The summed E-state index contributed by atoms with van der Waals surface area (Å²) < 4.78 is 9.37. The van der Waals surface area contributed by atoms with Crippen LogP contribution in [-0.4, -0.2) is 82.3 Å². The fourth-order valence-electron chi connectivity index (χ4n) is 1.47. The van der Waals surface area contributed by atoms with Crippen LogP contribution in [0.1, 0.15) is 0 Å². The van der Waals surface area contributed by atoms with Gasteiger partial charge in [-0.15, -0.1) is 0 Å². The predicted octanol–water partition coefficient (Wildman–Crippen LogP) is -1.18. The van der Waals surface area contributed by atoms with E-state index in [1.807, 2.05) is 0 Å². The Bertz CT molecular complexity index is 663. The molecule has 0 saturated heterocycles. The third-order valence-electron chi connectivity index (χ3n) is 2.62. The first-order valence-electron chi connectivity index (χ1n) is 7.47. The summed E-state index contributed by atoms with van der Waals surface area (Å²) in [5.41, 5.74) is 0. The van der Waals surface area contributed by atoms with Gasteiger partial charge in [-0.1, -0.05) is 0 Å². The summed E-state index contributed by atoms with van der Waals surface area (Å²) >= 11 is 0. The minimum Gasteiger partial charge on any atom is -0.478 e. The van der Waals surface area contributed by atoms with E-state index in [0.717, 1.165) is 11.0 Å². The number of esters is 2. The zero-order valence-electron chi connectivity index (χ0n) is 14.3. The standard InChI is InChI=1S/C16H17NO11/c18-11(1-2-12(19)20)17(7-9-27-15(25)5-3-13(21)22)8-10-28-16(26)6-4-14(23)24/h1-6H,7-10H2,(H,19,20)(H,21,22)(H,23,24)/b2-1+,5-3+,6-4+. The van der Waals surface area contributed by atoms with Crippen molar-refractivity contribution in [2.45, 2.75) is 0 Å². The smallest absolute Gasteiger partial charge is 0.331 e. The molecule has 3 N–H and O–H groups in total. The fourth-order valence-corrected chi connectivity index (χ4v) is 1.47. The maximum absolute atomic E-state index is 11.9. The van der Waals surface area contributed by atoms with E-state index < -0.39 is 35.8 Å². The molecule has 12 heteroatoms. The number of carbonyl (C=O) groups excluding carboxylic acids is 3. The van der Waals surface area contributed by atoms with Crippen molar-refractivity contribution < 1.29 is 53.6 Å². The molecular weight excluding hydrogens is 382 g/mol. The Morgan fingerprint density at radius 3 is 1.32 bits per heavy atom. The average molecular weight is 399 g/mol. The van der Waals surface area contributed by atoms with Crippen molar-refractivity contribution in [1.82, 2.24) is 4.90 Å². The summed E-state index contributed by atoms with van der Waals surface area (Å²) in [5.74, 6) is -6.81. The van der Waals surface area contributed by atoms with Crippen LogP contribution in [0.15, 0.2) is 36.5 Å². The minimum absolute atomic E-state index is 0.210. The number of carbonyl (C=O) groups is 6. The normalized spacial score (nSPS) is 10.9. The van der Waals surface area contributed by atoms with Crippen molar-refractivity contribution in [3.63, 3.8) is 0 Å². The Hall–Kier alpha value is -3.96. The van der Waals surface area contributed by atoms with Gasteiger partial charge in [-0.2, -0.15) is 0 Å². The highest BCUT2D eigenvalue weighted by atomic mass is 16.5.